The van der Waals surface area contributed by atoms with Gasteiger partial charge in [0, 0.05) is 24.1 Å². The van der Waals surface area contributed by atoms with Gasteiger partial charge >= 0.3 is 5.97 Å². The largest absolute Gasteiger partial charge is 0.455 e. The molecule has 0 fully saturated rings. The third-order valence-corrected chi connectivity index (χ3v) is 7.74. The summed E-state index contributed by atoms with van der Waals surface area (Å²) in [5.74, 6) is -0.822. The summed E-state index contributed by atoms with van der Waals surface area (Å²) < 4.78 is 5.62. The molecule has 0 saturated carbocycles. The van der Waals surface area contributed by atoms with Crippen LogP contribution in [-0.4, -0.2) is 22.8 Å². The lowest BCUT2D eigenvalue weighted by atomic mass is 9.95. The summed E-state index contributed by atoms with van der Waals surface area (Å²) in [6, 6.07) is 5.90. The highest BCUT2D eigenvalue weighted by Crippen LogP contribution is 2.39. The molecule has 1 aliphatic rings. The number of thiazole rings is 1. The summed E-state index contributed by atoms with van der Waals surface area (Å²) in [4.78, 5) is 44.4. The van der Waals surface area contributed by atoms with E-state index in [2.05, 4.69) is 10.3 Å². The number of nitrogens with one attached hydrogen (secondary N) is 1. The number of thiophene rings is 1. The molecule has 0 spiro atoms. The minimum Gasteiger partial charge on any atom is -0.455 e. The van der Waals surface area contributed by atoms with Crippen LogP contribution in [0.4, 0.5) is 15.8 Å². The number of carbonyl (C=O) groups is 3. The average Bonchev–Trinajstić information content (AvgIpc) is 3.37. The van der Waals surface area contributed by atoms with Gasteiger partial charge in [-0.05, 0) is 56.7 Å². The van der Waals surface area contributed by atoms with Gasteiger partial charge in [0.05, 0.1) is 16.9 Å². The van der Waals surface area contributed by atoms with Crippen molar-refractivity contribution >= 4 is 56.3 Å². The van der Waals surface area contributed by atoms with Crippen LogP contribution < -0.4 is 10.2 Å². The van der Waals surface area contributed by atoms with Crippen molar-refractivity contribution in [3.63, 3.8) is 0 Å². The Hall–Kier alpha value is -3.04. The molecule has 0 radical (unpaired) electrons. The lowest BCUT2D eigenvalue weighted by molar-refractivity contribution is -0.116. The van der Waals surface area contributed by atoms with Gasteiger partial charge in [-0.1, -0.05) is 17.7 Å². The van der Waals surface area contributed by atoms with Crippen LogP contribution in [0.25, 0.3) is 0 Å². The van der Waals surface area contributed by atoms with Crippen molar-refractivity contribution in [2.24, 2.45) is 0 Å². The summed E-state index contributed by atoms with van der Waals surface area (Å²) in [5.41, 5.74) is 4.89. The quantitative estimate of drug-likeness (QED) is 0.441. The molecule has 34 heavy (non-hydrogen) atoms. The number of carbonyl (C=O) groups excluding carboxylic acids is 3. The van der Waals surface area contributed by atoms with Gasteiger partial charge in [0.2, 0.25) is 11.8 Å². The van der Waals surface area contributed by atoms with Crippen LogP contribution in [0.5, 0.6) is 0 Å². The number of amides is 2. The molecule has 2 amide bonds. The summed E-state index contributed by atoms with van der Waals surface area (Å²) in [6.45, 7) is 6.89. The number of anilines is 3. The summed E-state index contributed by atoms with van der Waals surface area (Å²) in [5, 5.41) is 5.66. The van der Waals surface area contributed by atoms with Crippen molar-refractivity contribution in [1.29, 1.82) is 0 Å². The van der Waals surface area contributed by atoms with Crippen molar-refractivity contribution in [2.45, 2.75) is 60.0 Å². The average molecular weight is 498 g/mol. The molecule has 1 aliphatic carbocycles. The number of nitrogens with zero attached hydrogens (tertiary/aromatic N) is 2. The number of aryl methyl sites for hydroxylation is 3. The molecule has 178 valence electrons. The number of aromatic nitrogens is 1. The molecular weight excluding hydrogens is 470 g/mol. The fraction of sp³-hybridized carbons (Fsp3) is 0.360. The maximum absolute atomic E-state index is 13.0. The van der Waals surface area contributed by atoms with E-state index in [0.717, 1.165) is 52.9 Å². The van der Waals surface area contributed by atoms with Crippen LogP contribution in [0.2, 0.25) is 0 Å². The van der Waals surface area contributed by atoms with Gasteiger partial charge in [-0.2, -0.15) is 0 Å². The first kappa shape index (κ1) is 24.1. The van der Waals surface area contributed by atoms with Gasteiger partial charge in [-0.3, -0.25) is 14.5 Å². The van der Waals surface area contributed by atoms with E-state index >= 15 is 0 Å². The lowest BCUT2D eigenvalue weighted by Gasteiger charge is -2.20. The summed E-state index contributed by atoms with van der Waals surface area (Å²) in [6.07, 6.45) is 3.81. The van der Waals surface area contributed by atoms with Gasteiger partial charge in [0.1, 0.15) is 11.6 Å². The third-order valence-electron chi connectivity index (χ3n) is 5.66. The number of hydrogen-bond donors (Lipinski definition) is 1. The Morgan fingerprint density at radius 2 is 1.91 bits per heavy atom. The van der Waals surface area contributed by atoms with Crippen molar-refractivity contribution < 1.29 is 19.1 Å². The minimum absolute atomic E-state index is 0.0158. The Labute approximate surface area is 206 Å². The second-order valence-electron chi connectivity index (χ2n) is 8.44. The van der Waals surface area contributed by atoms with Gasteiger partial charge in [-0.25, -0.2) is 9.78 Å². The number of hydrogen-bond acceptors (Lipinski definition) is 7. The van der Waals surface area contributed by atoms with Crippen molar-refractivity contribution in [3.05, 3.63) is 56.4 Å². The highest BCUT2D eigenvalue weighted by atomic mass is 32.1. The van der Waals surface area contributed by atoms with E-state index in [0.29, 0.717) is 21.4 Å². The number of fused-ring (bicyclic) bond motifs is 1. The molecule has 7 nitrogen and oxygen atoms in total. The molecule has 2 heterocycles. The van der Waals surface area contributed by atoms with E-state index in [-0.39, 0.29) is 18.4 Å². The number of benzene rings is 1. The molecular formula is C25H27N3O4S2. The highest BCUT2D eigenvalue weighted by Gasteiger charge is 2.27. The SMILES string of the molecule is CC(=O)Nc1sc2c(c1C(=O)OCc1csc(N(C(C)=O)c3ccc(C)cc3C)n1)CCCC2. The first-order chi connectivity index (χ1) is 16.2. The molecule has 2 aromatic heterocycles. The van der Waals surface area contributed by atoms with Crippen LogP contribution >= 0.6 is 22.7 Å². The predicted molar refractivity (Wildman–Crippen MR) is 135 cm³/mol. The van der Waals surface area contributed by atoms with Crippen LogP contribution in [0, 0.1) is 13.8 Å². The topological polar surface area (TPSA) is 88.6 Å². The first-order valence-corrected chi connectivity index (χ1v) is 12.9. The molecule has 0 aliphatic heterocycles. The number of rotatable bonds is 6. The van der Waals surface area contributed by atoms with E-state index in [9.17, 15) is 14.4 Å². The summed E-state index contributed by atoms with van der Waals surface area (Å²) in [7, 11) is 0. The van der Waals surface area contributed by atoms with E-state index in [1.807, 2.05) is 32.0 Å². The van der Waals surface area contributed by atoms with Gasteiger partial charge in [0.25, 0.3) is 0 Å². The van der Waals surface area contributed by atoms with E-state index in [1.165, 1.54) is 36.5 Å². The smallest absolute Gasteiger partial charge is 0.341 e. The number of esters is 1. The van der Waals surface area contributed by atoms with Crippen molar-refractivity contribution in [1.82, 2.24) is 4.98 Å². The third kappa shape index (κ3) is 5.05. The van der Waals surface area contributed by atoms with Crippen molar-refractivity contribution in [2.75, 3.05) is 10.2 Å². The van der Waals surface area contributed by atoms with Crippen LogP contribution in [0.15, 0.2) is 23.6 Å². The molecule has 1 N–H and O–H groups in total. The van der Waals surface area contributed by atoms with E-state index < -0.39 is 5.97 Å². The monoisotopic (exact) mass is 497 g/mol. The van der Waals surface area contributed by atoms with Crippen molar-refractivity contribution in [3.8, 4) is 0 Å². The number of ether oxygens (including phenoxy) is 1. The van der Waals surface area contributed by atoms with Gasteiger partial charge in [0.15, 0.2) is 5.13 Å². The van der Waals surface area contributed by atoms with Crippen LogP contribution in [-0.2, 0) is 33.8 Å². The predicted octanol–water partition coefficient (Wildman–Crippen LogP) is 5.70. The molecule has 3 aromatic rings. The molecule has 0 saturated heterocycles. The second kappa shape index (κ2) is 10.1. The maximum atomic E-state index is 13.0. The van der Waals surface area contributed by atoms with E-state index in [1.54, 1.807) is 10.3 Å². The van der Waals surface area contributed by atoms with Gasteiger partial charge in [-0.15, -0.1) is 22.7 Å². The standard InChI is InChI=1S/C25H27N3O4S2/c1-14-9-10-20(15(2)11-14)28(17(4)30)25-27-18(13-33-25)12-32-24(31)22-19-7-5-6-8-21(19)34-23(22)26-16(3)29/h9-11,13H,5-8,12H2,1-4H3,(H,26,29). The molecule has 1 aromatic carbocycles. The Morgan fingerprint density at radius 1 is 1.15 bits per heavy atom. The highest BCUT2D eigenvalue weighted by molar-refractivity contribution is 7.17. The van der Waals surface area contributed by atoms with E-state index in [4.69, 9.17) is 4.74 Å². The van der Waals surface area contributed by atoms with Gasteiger partial charge < -0.3 is 10.1 Å². The second-order valence-corrected chi connectivity index (χ2v) is 10.4. The Balaban J connectivity index is 1.53. The normalized spacial score (nSPS) is 12.7. The molecule has 9 heteroatoms. The molecule has 4 rings (SSSR count). The van der Waals surface area contributed by atoms with Crippen LogP contribution in [0.1, 0.15) is 64.3 Å². The summed E-state index contributed by atoms with van der Waals surface area (Å²) >= 11 is 2.79. The molecule has 0 unspecified atom stereocenters. The first-order valence-electron chi connectivity index (χ1n) is 11.2. The maximum Gasteiger partial charge on any atom is 0.341 e. The lowest BCUT2D eigenvalue weighted by Crippen LogP contribution is -2.23. The fourth-order valence-electron chi connectivity index (χ4n) is 4.17. The zero-order chi connectivity index (χ0) is 24.4. The fourth-order valence-corrected chi connectivity index (χ4v) is 6.36. The zero-order valence-electron chi connectivity index (χ0n) is 19.7. The Bertz CT molecular complexity index is 1260. The van der Waals surface area contributed by atoms with Crippen LogP contribution in [0.3, 0.4) is 0 Å². The Kier molecular flexibility index (Phi) is 7.13. The Morgan fingerprint density at radius 3 is 2.62 bits per heavy atom. The molecule has 0 bridgehead atoms. The zero-order valence-corrected chi connectivity index (χ0v) is 21.3. The minimum atomic E-state index is -0.462. The molecule has 0 atom stereocenters.